The van der Waals surface area contributed by atoms with Crippen LogP contribution in [0.5, 0.6) is 0 Å². The Morgan fingerprint density at radius 1 is 1.16 bits per heavy atom. The minimum atomic E-state index is -5.61. The number of epoxide rings is 1. The Labute approximate surface area is 105 Å². The Bertz CT molecular complexity index is 428. The molecule has 1 atom stereocenters. The monoisotopic (exact) mass is 283 g/mol. The van der Waals surface area contributed by atoms with Crippen LogP contribution in [-0.2, 0) is 15.5 Å². The van der Waals surface area contributed by atoms with E-state index in [2.05, 4.69) is 5.48 Å². The highest BCUT2D eigenvalue weighted by Crippen LogP contribution is 2.43. The van der Waals surface area contributed by atoms with Crippen LogP contribution in [0.15, 0.2) is 24.3 Å². The van der Waals surface area contributed by atoms with E-state index < -0.39 is 17.7 Å². The fraction of sp³-hybridized carbons (Fsp3) is 0.455. The van der Waals surface area contributed by atoms with E-state index in [9.17, 15) is 22.0 Å². The van der Waals surface area contributed by atoms with Crippen LogP contribution < -0.4 is 5.48 Å². The van der Waals surface area contributed by atoms with Gasteiger partial charge in [-0.15, -0.1) is 0 Å². The second-order valence-corrected chi connectivity index (χ2v) is 4.02. The van der Waals surface area contributed by atoms with E-state index in [0.29, 0.717) is 18.7 Å². The van der Waals surface area contributed by atoms with E-state index >= 15 is 0 Å². The SMILES string of the molecule is FC(F)(F)C(F)(F)c1ccc(NOC[C@@H]2CO2)cc1. The van der Waals surface area contributed by atoms with Gasteiger partial charge in [-0.1, -0.05) is 12.1 Å². The summed E-state index contributed by atoms with van der Waals surface area (Å²) in [6, 6.07) is 3.57. The topological polar surface area (TPSA) is 33.8 Å². The smallest absolute Gasteiger partial charge is 0.371 e. The minimum Gasteiger partial charge on any atom is -0.371 e. The van der Waals surface area contributed by atoms with Crippen LogP contribution in [0.25, 0.3) is 0 Å². The van der Waals surface area contributed by atoms with E-state index in [0.717, 1.165) is 12.1 Å². The zero-order valence-electron chi connectivity index (χ0n) is 9.51. The molecule has 2 rings (SSSR count). The van der Waals surface area contributed by atoms with Crippen LogP contribution >= 0.6 is 0 Å². The molecule has 0 saturated carbocycles. The third kappa shape index (κ3) is 3.32. The molecule has 1 aliphatic rings. The van der Waals surface area contributed by atoms with Crippen molar-refractivity contribution in [3.63, 3.8) is 0 Å². The molecule has 3 nitrogen and oxygen atoms in total. The first-order valence-corrected chi connectivity index (χ1v) is 5.35. The van der Waals surface area contributed by atoms with Crippen molar-refractivity contribution in [3.05, 3.63) is 29.8 Å². The average Bonchev–Trinajstić information content (AvgIpc) is 3.12. The standard InChI is InChI=1S/C11H10F5NO2/c12-10(13,11(14,15)16)7-1-3-8(4-2-7)17-19-6-9-5-18-9/h1-4,9,17H,5-6H2/t9-/m0/s1. The Kier molecular flexibility index (Phi) is 3.64. The quantitative estimate of drug-likeness (QED) is 0.512. The number of anilines is 1. The fourth-order valence-electron chi connectivity index (χ4n) is 1.29. The highest BCUT2D eigenvalue weighted by Gasteiger charge is 2.58. The lowest BCUT2D eigenvalue weighted by Gasteiger charge is -2.20. The van der Waals surface area contributed by atoms with Gasteiger partial charge in [0.25, 0.3) is 0 Å². The molecule has 1 N–H and O–H groups in total. The molecule has 1 aromatic rings. The molecule has 8 heteroatoms. The van der Waals surface area contributed by atoms with Gasteiger partial charge in [-0.2, -0.15) is 22.0 Å². The number of benzene rings is 1. The van der Waals surface area contributed by atoms with E-state index in [4.69, 9.17) is 9.57 Å². The van der Waals surface area contributed by atoms with Crippen molar-refractivity contribution < 1.29 is 31.5 Å². The maximum atomic E-state index is 13.0. The predicted octanol–water partition coefficient (Wildman–Crippen LogP) is 3.08. The van der Waals surface area contributed by atoms with Gasteiger partial charge < -0.3 is 4.74 Å². The minimum absolute atomic E-state index is 0.0151. The molecule has 0 spiro atoms. The van der Waals surface area contributed by atoms with Crippen molar-refractivity contribution in [3.8, 4) is 0 Å². The van der Waals surface area contributed by atoms with Crippen molar-refractivity contribution >= 4 is 5.69 Å². The summed E-state index contributed by atoms with van der Waals surface area (Å²) in [6.07, 6.45) is -5.59. The second-order valence-electron chi connectivity index (χ2n) is 4.02. The molecule has 1 heterocycles. The van der Waals surface area contributed by atoms with E-state index in [1.165, 1.54) is 0 Å². The van der Waals surface area contributed by atoms with Gasteiger partial charge in [-0.05, 0) is 12.1 Å². The zero-order valence-corrected chi connectivity index (χ0v) is 9.51. The van der Waals surface area contributed by atoms with Gasteiger partial charge in [0.2, 0.25) is 0 Å². The van der Waals surface area contributed by atoms with E-state index in [1.54, 1.807) is 0 Å². The third-order valence-electron chi connectivity index (χ3n) is 2.47. The molecule has 19 heavy (non-hydrogen) atoms. The molecule has 0 aromatic heterocycles. The number of hydrogen-bond donors (Lipinski definition) is 1. The van der Waals surface area contributed by atoms with Gasteiger partial charge in [0.1, 0.15) is 12.7 Å². The van der Waals surface area contributed by atoms with Crippen LogP contribution in [0.3, 0.4) is 0 Å². The summed E-state index contributed by atoms with van der Waals surface area (Å²) in [5.41, 5.74) is 1.59. The van der Waals surface area contributed by atoms with Gasteiger partial charge in [-0.25, -0.2) is 0 Å². The largest absolute Gasteiger partial charge is 0.458 e. The lowest BCUT2D eigenvalue weighted by molar-refractivity contribution is -0.289. The summed E-state index contributed by atoms with van der Waals surface area (Å²) in [5, 5.41) is 0. The molecule has 1 aromatic carbocycles. The van der Waals surface area contributed by atoms with Crippen LogP contribution in [-0.4, -0.2) is 25.5 Å². The van der Waals surface area contributed by atoms with E-state index in [1.807, 2.05) is 0 Å². The van der Waals surface area contributed by atoms with Gasteiger partial charge in [0.05, 0.1) is 12.3 Å². The second kappa shape index (κ2) is 4.93. The predicted molar refractivity (Wildman–Crippen MR) is 55.7 cm³/mol. The van der Waals surface area contributed by atoms with E-state index in [-0.39, 0.29) is 18.4 Å². The molecule has 1 fully saturated rings. The molecule has 1 saturated heterocycles. The van der Waals surface area contributed by atoms with Gasteiger partial charge >= 0.3 is 12.1 Å². The summed E-state index contributed by atoms with van der Waals surface area (Å²) >= 11 is 0. The highest BCUT2D eigenvalue weighted by molar-refractivity contribution is 5.43. The van der Waals surface area contributed by atoms with Crippen molar-refractivity contribution in [2.75, 3.05) is 18.7 Å². The van der Waals surface area contributed by atoms with Gasteiger partial charge in [0, 0.05) is 5.56 Å². The Morgan fingerprint density at radius 2 is 1.74 bits per heavy atom. The first kappa shape index (κ1) is 14.0. The first-order chi connectivity index (χ1) is 8.80. The summed E-state index contributed by atoms with van der Waals surface area (Å²) in [6.45, 7) is 0.874. The summed E-state index contributed by atoms with van der Waals surface area (Å²) in [4.78, 5) is 4.95. The van der Waals surface area contributed by atoms with Gasteiger partial charge in [0.15, 0.2) is 0 Å². The number of nitrogens with one attached hydrogen (secondary N) is 1. The molecular weight excluding hydrogens is 273 g/mol. The molecule has 0 bridgehead atoms. The number of alkyl halides is 5. The first-order valence-electron chi connectivity index (χ1n) is 5.35. The van der Waals surface area contributed by atoms with Crippen molar-refractivity contribution in [2.45, 2.75) is 18.2 Å². The summed E-state index contributed by atoms with van der Waals surface area (Å²) in [7, 11) is 0. The summed E-state index contributed by atoms with van der Waals surface area (Å²) in [5.74, 6) is -4.87. The van der Waals surface area contributed by atoms with Crippen LogP contribution in [0.1, 0.15) is 5.56 Å². The molecule has 0 radical (unpaired) electrons. The lowest BCUT2D eigenvalue weighted by atomic mass is 10.1. The Balaban J connectivity index is 1.96. The van der Waals surface area contributed by atoms with Crippen molar-refractivity contribution in [2.24, 2.45) is 0 Å². The summed E-state index contributed by atoms with van der Waals surface area (Å²) < 4.78 is 67.1. The maximum absolute atomic E-state index is 13.0. The lowest BCUT2D eigenvalue weighted by Crippen LogP contribution is -2.33. The molecule has 106 valence electrons. The van der Waals surface area contributed by atoms with Crippen molar-refractivity contribution in [1.82, 2.24) is 0 Å². The molecular formula is C11H10F5NO2. The number of hydrogen-bond acceptors (Lipinski definition) is 3. The number of ether oxygens (including phenoxy) is 1. The Hall–Kier alpha value is -1.41. The Morgan fingerprint density at radius 3 is 2.21 bits per heavy atom. The number of halogens is 5. The molecule has 0 aliphatic carbocycles. The highest BCUT2D eigenvalue weighted by atomic mass is 19.4. The van der Waals surface area contributed by atoms with Crippen LogP contribution in [0, 0.1) is 0 Å². The van der Waals surface area contributed by atoms with Crippen molar-refractivity contribution in [1.29, 1.82) is 0 Å². The molecule has 1 aliphatic heterocycles. The van der Waals surface area contributed by atoms with Crippen LogP contribution in [0.4, 0.5) is 27.6 Å². The zero-order chi connectivity index (χ0) is 14.1. The van der Waals surface area contributed by atoms with Gasteiger partial charge in [-0.3, -0.25) is 10.3 Å². The fourth-order valence-corrected chi connectivity index (χ4v) is 1.29. The molecule has 0 unspecified atom stereocenters. The average molecular weight is 283 g/mol. The van der Waals surface area contributed by atoms with Crippen LogP contribution in [0.2, 0.25) is 0 Å². The normalized spacial score (nSPS) is 19.3. The molecule has 0 amide bonds. The maximum Gasteiger partial charge on any atom is 0.458 e. The number of rotatable bonds is 5. The third-order valence-corrected chi connectivity index (χ3v) is 2.47.